The maximum Gasteiger partial charge on any atom is 0.254 e. The molecule has 1 saturated heterocycles. The van der Waals surface area contributed by atoms with Gasteiger partial charge in [-0.2, -0.15) is 5.10 Å². The van der Waals surface area contributed by atoms with E-state index < -0.39 is 5.91 Å². The van der Waals surface area contributed by atoms with Crippen molar-refractivity contribution in [3.8, 4) is 22.9 Å². The molecule has 9 heteroatoms. The summed E-state index contributed by atoms with van der Waals surface area (Å²) in [4.78, 5) is 30.2. The lowest BCUT2D eigenvalue weighted by atomic mass is 9.61. The number of nitrogens with two attached hydrogens (primary N) is 2. The number of primary amides is 1. The number of amides is 2. The van der Waals surface area contributed by atoms with Gasteiger partial charge in [0.15, 0.2) is 0 Å². The standard InChI is InChI=1S/C26H28N6O3/c1-2-21(33)31-12-10-26(16-31)13-17(14-26)15-32-24(27)22(25(28)34)23(30-32)18-6-8-19(9-7-18)35-20-5-3-4-11-29-20/h2-9,11,17H,1,10,12-16,27H2,(H2,28,34). The Morgan fingerprint density at radius 3 is 2.63 bits per heavy atom. The number of nitrogen functional groups attached to an aromatic ring is 1. The van der Waals surface area contributed by atoms with Crippen molar-refractivity contribution < 1.29 is 14.3 Å². The first-order valence-electron chi connectivity index (χ1n) is 11.6. The molecule has 3 aromatic rings. The van der Waals surface area contributed by atoms with Crippen LogP contribution < -0.4 is 16.2 Å². The Balaban J connectivity index is 1.30. The highest BCUT2D eigenvalue weighted by Gasteiger charge is 2.49. The van der Waals surface area contributed by atoms with Gasteiger partial charge in [0, 0.05) is 37.5 Å². The largest absolute Gasteiger partial charge is 0.439 e. The van der Waals surface area contributed by atoms with E-state index in [-0.39, 0.29) is 22.7 Å². The van der Waals surface area contributed by atoms with Gasteiger partial charge in [-0.25, -0.2) is 9.67 Å². The first-order chi connectivity index (χ1) is 16.9. The summed E-state index contributed by atoms with van der Waals surface area (Å²) in [6, 6.07) is 12.6. The van der Waals surface area contributed by atoms with Crippen molar-refractivity contribution in [2.24, 2.45) is 17.1 Å². The van der Waals surface area contributed by atoms with E-state index in [1.54, 1.807) is 29.1 Å². The van der Waals surface area contributed by atoms with Crippen LogP contribution in [-0.4, -0.2) is 44.6 Å². The predicted octanol–water partition coefficient (Wildman–Crippen LogP) is 3.23. The van der Waals surface area contributed by atoms with E-state index in [4.69, 9.17) is 16.2 Å². The summed E-state index contributed by atoms with van der Waals surface area (Å²) in [6.07, 6.45) is 6.03. The number of ether oxygens (including phenoxy) is 1. The maximum absolute atomic E-state index is 12.2. The monoisotopic (exact) mass is 472 g/mol. The Kier molecular flexibility index (Phi) is 5.76. The molecular formula is C26H28N6O3. The third kappa shape index (κ3) is 4.37. The quantitative estimate of drug-likeness (QED) is 0.508. The topological polar surface area (TPSA) is 129 Å². The van der Waals surface area contributed by atoms with Gasteiger partial charge < -0.3 is 21.1 Å². The van der Waals surface area contributed by atoms with Gasteiger partial charge in [-0.3, -0.25) is 9.59 Å². The Morgan fingerprint density at radius 2 is 1.97 bits per heavy atom. The highest BCUT2D eigenvalue weighted by Crippen LogP contribution is 2.52. The first-order valence-corrected chi connectivity index (χ1v) is 11.6. The molecule has 1 spiro atoms. The molecule has 2 aliphatic rings. The number of carbonyl (C=O) groups is 2. The highest BCUT2D eigenvalue weighted by atomic mass is 16.5. The molecule has 3 heterocycles. The average molecular weight is 473 g/mol. The smallest absolute Gasteiger partial charge is 0.254 e. The Morgan fingerprint density at radius 1 is 1.20 bits per heavy atom. The molecule has 9 nitrogen and oxygen atoms in total. The van der Waals surface area contributed by atoms with Gasteiger partial charge in [0.1, 0.15) is 22.8 Å². The average Bonchev–Trinajstić information content (AvgIpc) is 3.42. The van der Waals surface area contributed by atoms with E-state index in [1.165, 1.54) is 6.08 Å². The second kappa shape index (κ2) is 8.90. The fourth-order valence-electron chi connectivity index (χ4n) is 5.39. The molecule has 0 bridgehead atoms. The number of aromatic nitrogens is 3. The second-order valence-corrected chi connectivity index (χ2v) is 9.44. The van der Waals surface area contributed by atoms with E-state index in [0.717, 1.165) is 37.9 Å². The van der Waals surface area contributed by atoms with Crippen LogP contribution in [0.25, 0.3) is 11.3 Å². The number of hydrogen-bond donors (Lipinski definition) is 2. The first kappa shape index (κ1) is 22.6. The molecule has 2 fully saturated rings. The fourth-order valence-corrected chi connectivity index (χ4v) is 5.39. The van der Waals surface area contributed by atoms with Gasteiger partial charge in [-0.15, -0.1) is 0 Å². The van der Waals surface area contributed by atoms with Crippen molar-refractivity contribution in [2.75, 3.05) is 18.8 Å². The molecule has 0 unspecified atom stereocenters. The fraction of sp³-hybridized carbons (Fsp3) is 0.308. The number of pyridine rings is 1. The van der Waals surface area contributed by atoms with Crippen LogP contribution in [0.4, 0.5) is 5.82 Å². The minimum Gasteiger partial charge on any atom is -0.439 e. The number of anilines is 1. The molecule has 0 radical (unpaired) electrons. The zero-order chi connectivity index (χ0) is 24.6. The highest BCUT2D eigenvalue weighted by molar-refractivity contribution is 6.03. The summed E-state index contributed by atoms with van der Waals surface area (Å²) in [7, 11) is 0. The molecule has 5 rings (SSSR count). The van der Waals surface area contributed by atoms with Crippen LogP contribution in [0.3, 0.4) is 0 Å². The van der Waals surface area contributed by atoms with Crippen LogP contribution in [0.1, 0.15) is 29.6 Å². The lowest BCUT2D eigenvalue weighted by Crippen LogP contribution is -2.42. The third-order valence-electron chi connectivity index (χ3n) is 7.03. The van der Waals surface area contributed by atoms with E-state index in [9.17, 15) is 9.59 Å². The maximum atomic E-state index is 12.2. The van der Waals surface area contributed by atoms with E-state index >= 15 is 0 Å². The van der Waals surface area contributed by atoms with Crippen molar-refractivity contribution in [1.29, 1.82) is 0 Å². The van der Waals surface area contributed by atoms with Crippen LogP contribution in [0.15, 0.2) is 61.3 Å². The number of nitrogens with zero attached hydrogens (tertiary/aromatic N) is 4. The Labute approximate surface area is 203 Å². The minimum absolute atomic E-state index is 0.00571. The van der Waals surface area contributed by atoms with Crippen LogP contribution >= 0.6 is 0 Å². The second-order valence-electron chi connectivity index (χ2n) is 9.44. The van der Waals surface area contributed by atoms with Gasteiger partial charge in [-0.1, -0.05) is 12.6 Å². The van der Waals surface area contributed by atoms with Crippen LogP contribution in [0, 0.1) is 11.3 Å². The van der Waals surface area contributed by atoms with Gasteiger partial charge >= 0.3 is 0 Å². The number of benzene rings is 1. The number of hydrogen-bond acceptors (Lipinski definition) is 6. The number of carbonyl (C=O) groups excluding carboxylic acids is 2. The van der Waals surface area contributed by atoms with Gasteiger partial charge in [0.25, 0.3) is 5.91 Å². The molecule has 180 valence electrons. The number of likely N-dealkylation sites (tertiary alicyclic amines) is 1. The predicted molar refractivity (Wildman–Crippen MR) is 131 cm³/mol. The van der Waals surface area contributed by atoms with Crippen molar-refractivity contribution in [3.05, 3.63) is 66.9 Å². The van der Waals surface area contributed by atoms with E-state index in [1.807, 2.05) is 29.2 Å². The van der Waals surface area contributed by atoms with Gasteiger partial charge in [0.05, 0.1) is 0 Å². The normalized spacial score (nSPS) is 21.0. The molecule has 1 saturated carbocycles. The lowest BCUT2D eigenvalue weighted by Gasteiger charge is -2.45. The lowest BCUT2D eigenvalue weighted by molar-refractivity contribution is -0.125. The molecule has 2 aromatic heterocycles. The van der Waals surface area contributed by atoms with Crippen molar-refractivity contribution in [1.82, 2.24) is 19.7 Å². The van der Waals surface area contributed by atoms with Crippen LogP contribution in [0.2, 0.25) is 0 Å². The third-order valence-corrected chi connectivity index (χ3v) is 7.03. The number of rotatable bonds is 7. The van der Waals surface area contributed by atoms with Gasteiger partial charge in [-0.05, 0) is 67.0 Å². The summed E-state index contributed by atoms with van der Waals surface area (Å²) >= 11 is 0. The zero-order valence-electron chi connectivity index (χ0n) is 19.4. The van der Waals surface area contributed by atoms with Crippen molar-refractivity contribution >= 4 is 17.6 Å². The van der Waals surface area contributed by atoms with E-state index in [0.29, 0.717) is 29.8 Å². The minimum atomic E-state index is -0.614. The molecule has 0 atom stereocenters. The summed E-state index contributed by atoms with van der Waals surface area (Å²) in [5, 5.41) is 4.67. The van der Waals surface area contributed by atoms with Crippen molar-refractivity contribution in [2.45, 2.75) is 25.8 Å². The molecule has 35 heavy (non-hydrogen) atoms. The molecule has 4 N–H and O–H groups in total. The molecule has 1 aliphatic heterocycles. The Hall–Kier alpha value is -4.14. The summed E-state index contributed by atoms with van der Waals surface area (Å²) < 4.78 is 7.43. The summed E-state index contributed by atoms with van der Waals surface area (Å²) in [5.74, 6) is 1.13. The Bertz CT molecular complexity index is 1260. The molecule has 1 aliphatic carbocycles. The SMILES string of the molecule is C=CC(=O)N1CCC2(CC(Cn3nc(-c4ccc(Oc5ccccn5)cc4)c(C(N)=O)c3N)C2)C1. The van der Waals surface area contributed by atoms with E-state index in [2.05, 4.69) is 16.7 Å². The summed E-state index contributed by atoms with van der Waals surface area (Å²) in [5.41, 5.74) is 13.6. The molecular weight excluding hydrogens is 444 g/mol. The van der Waals surface area contributed by atoms with Gasteiger partial charge in [0.2, 0.25) is 11.8 Å². The molecule has 1 aromatic carbocycles. The summed E-state index contributed by atoms with van der Waals surface area (Å²) in [6.45, 7) is 5.73. The van der Waals surface area contributed by atoms with Crippen LogP contribution in [0.5, 0.6) is 11.6 Å². The van der Waals surface area contributed by atoms with Crippen LogP contribution in [-0.2, 0) is 11.3 Å². The molecule has 2 amide bonds. The van der Waals surface area contributed by atoms with Crippen molar-refractivity contribution in [3.63, 3.8) is 0 Å². The zero-order valence-corrected chi connectivity index (χ0v) is 19.4.